The second kappa shape index (κ2) is 7.59. The zero-order valence-electron chi connectivity index (χ0n) is 12.7. The highest BCUT2D eigenvalue weighted by Gasteiger charge is 2.12. The Morgan fingerprint density at radius 1 is 1.35 bits per heavy atom. The van der Waals surface area contributed by atoms with E-state index in [2.05, 4.69) is 22.1 Å². The van der Waals surface area contributed by atoms with Crippen LogP contribution in [0.25, 0.3) is 0 Å². The van der Waals surface area contributed by atoms with Crippen molar-refractivity contribution in [3.63, 3.8) is 0 Å². The van der Waals surface area contributed by atoms with Gasteiger partial charge in [-0.1, -0.05) is 17.8 Å². The van der Waals surface area contributed by atoms with E-state index in [0.717, 1.165) is 5.82 Å². The van der Waals surface area contributed by atoms with Gasteiger partial charge in [0.2, 0.25) is 0 Å². The maximum atomic E-state index is 12.2. The van der Waals surface area contributed by atoms with E-state index in [9.17, 15) is 9.59 Å². The second-order valence-electron chi connectivity index (χ2n) is 4.71. The molecule has 0 aliphatic heterocycles. The number of carbonyl (C=O) groups is 2. The zero-order chi connectivity index (χ0) is 16.8. The van der Waals surface area contributed by atoms with E-state index in [-0.39, 0.29) is 11.5 Å². The van der Waals surface area contributed by atoms with Gasteiger partial charge in [0.25, 0.3) is 0 Å². The lowest BCUT2D eigenvalue weighted by atomic mass is 10.1. The lowest BCUT2D eigenvalue weighted by molar-refractivity contribution is 0.102. The van der Waals surface area contributed by atoms with Gasteiger partial charge < -0.3 is 15.6 Å². The zero-order valence-corrected chi connectivity index (χ0v) is 13.5. The first kappa shape index (κ1) is 16.8. The number of nitrogens with one attached hydrogen (secondary N) is 1. The number of hydrogen-bond donors (Lipinski definition) is 2. The van der Waals surface area contributed by atoms with Crippen LogP contribution in [-0.4, -0.2) is 32.3 Å². The first-order chi connectivity index (χ1) is 11.0. The minimum atomic E-state index is -0.642. The third kappa shape index (κ3) is 4.43. The van der Waals surface area contributed by atoms with Gasteiger partial charge in [-0.15, -0.1) is 16.8 Å². The SMILES string of the molecule is C=CCn1c(C)nnc1SCC(=O)c1ccc(NC(N)=O)cc1. The summed E-state index contributed by atoms with van der Waals surface area (Å²) >= 11 is 1.33. The van der Waals surface area contributed by atoms with Gasteiger partial charge in [-0.25, -0.2) is 4.79 Å². The van der Waals surface area contributed by atoms with Gasteiger partial charge in [0, 0.05) is 17.8 Å². The summed E-state index contributed by atoms with van der Waals surface area (Å²) in [4.78, 5) is 23.0. The van der Waals surface area contributed by atoms with Crippen molar-refractivity contribution in [3.05, 3.63) is 48.3 Å². The standard InChI is InChI=1S/C15H17N5O2S/c1-3-8-20-10(2)18-19-15(20)23-9-13(21)11-4-6-12(7-5-11)17-14(16)22/h3-7H,1,8-9H2,2H3,(H3,16,17,22). The summed E-state index contributed by atoms with van der Waals surface area (Å²) in [7, 11) is 0. The lowest BCUT2D eigenvalue weighted by Crippen LogP contribution is -2.19. The van der Waals surface area contributed by atoms with E-state index >= 15 is 0 Å². The molecular formula is C15H17N5O2S. The molecule has 8 heteroatoms. The van der Waals surface area contributed by atoms with E-state index in [1.54, 1.807) is 30.3 Å². The molecule has 0 unspecified atom stereocenters. The minimum Gasteiger partial charge on any atom is -0.351 e. The van der Waals surface area contributed by atoms with Gasteiger partial charge in [-0.05, 0) is 31.2 Å². The number of ketones is 1. The summed E-state index contributed by atoms with van der Waals surface area (Å²) in [5, 5.41) is 11.2. The predicted octanol–water partition coefficient (Wildman–Crippen LogP) is 2.24. The summed E-state index contributed by atoms with van der Waals surface area (Å²) < 4.78 is 1.89. The summed E-state index contributed by atoms with van der Waals surface area (Å²) in [5.74, 6) is 0.992. The fourth-order valence-corrected chi connectivity index (χ4v) is 2.79. The number of aromatic nitrogens is 3. The number of hydrogen-bond acceptors (Lipinski definition) is 5. The molecule has 0 atom stereocenters. The van der Waals surface area contributed by atoms with Gasteiger partial charge in [0.1, 0.15) is 5.82 Å². The van der Waals surface area contributed by atoms with Crippen LogP contribution in [0, 0.1) is 6.92 Å². The monoisotopic (exact) mass is 331 g/mol. The van der Waals surface area contributed by atoms with Crippen molar-refractivity contribution >= 4 is 29.3 Å². The third-order valence-electron chi connectivity index (χ3n) is 3.02. The maximum Gasteiger partial charge on any atom is 0.316 e. The molecule has 0 bridgehead atoms. The number of aryl methyl sites for hydroxylation is 1. The molecule has 0 spiro atoms. The highest BCUT2D eigenvalue weighted by molar-refractivity contribution is 7.99. The minimum absolute atomic E-state index is 0.0357. The van der Waals surface area contributed by atoms with Crippen molar-refractivity contribution < 1.29 is 9.59 Å². The average molecular weight is 331 g/mol. The van der Waals surface area contributed by atoms with Crippen LogP contribution >= 0.6 is 11.8 Å². The van der Waals surface area contributed by atoms with E-state index in [1.807, 2.05) is 11.5 Å². The smallest absolute Gasteiger partial charge is 0.316 e. The Kier molecular flexibility index (Phi) is 5.53. The normalized spacial score (nSPS) is 10.3. The fraction of sp³-hybridized carbons (Fsp3) is 0.200. The van der Waals surface area contributed by atoms with Crippen molar-refractivity contribution in [1.29, 1.82) is 0 Å². The summed E-state index contributed by atoms with van der Waals surface area (Å²) in [6.45, 7) is 6.15. The molecular weight excluding hydrogens is 314 g/mol. The number of nitrogens with two attached hydrogens (primary N) is 1. The van der Waals surface area contributed by atoms with Gasteiger partial charge in [-0.3, -0.25) is 4.79 Å². The Bertz CT molecular complexity index is 724. The molecule has 0 saturated carbocycles. The molecule has 0 aliphatic carbocycles. The molecule has 7 nitrogen and oxygen atoms in total. The number of anilines is 1. The number of benzene rings is 1. The fourth-order valence-electron chi connectivity index (χ4n) is 1.90. The largest absolute Gasteiger partial charge is 0.351 e. The number of thioether (sulfide) groups is 1. The molecule has 2 rings (SSSR count). The van der Waals surface area contributed by atoms with Crippen molar-refractivity contribution in [2.75, 3.05) is 11.1 Å². The van der Waals surface area contributed by atoms with Crippen LogP contribution in [0.1, 0.15) is 16.2 Å². The summed E-state index contributed by atoms with van der Waals surface area (Å²) in [5.41, 5.74) is 6.13. The van der Waals surface area contributed by atoms with Crippen molar-refractivity contribution in [3.8, 4) is 0 Å². The van der Waals surface area contributed by atoms with Crippen LogP contribution in [0.15, 0.2) is 42.1 Å². The third-order valence-corrected chi connectivity index (χ3v) is 3.99. The molecule has 0 aliphatic rings. The van der Waals surface area contributed by atoms with E-state index in [1.165, 1.54) is 11.8 Å². The van der Waals surface area contributed by atoms with E-state index in [4.69, 9.17) is 5.73 Å². The second-order valence-corrected chi connectivity index (χ2v) is 5.65. The molecule has 0 radical (unpaired) electrons. The van der Waals surface area contributed by atoms with Gasteiger partial charge in [0.05, 0.1) is 5.75 Å². The first-order valence-electron chi connectivity index (χ1n) is 6.84. The Balaban J connectivity index is 1.99. The molecule has 1 aromatic heterocycles. The molecule has 0 fully saturated rings. The summed E-state index contributed by atoms with van der Waals surface area (Å²) in [6.07, 6.45) is 1.76. The number of allylic oxidation sites excluding steroid dienone is 1. The topological polar surface area (TPSA) is 103 Å². The number of carbonyl (C=O) groups excluding carboxylic acids is 2. The number of primary amides is 1. The van der Waals surface area contributed by atoms with E-state index < -0.39 is 6.03 Å². The molecule has 2 amide bonds. The Hall–Kier alpha value is -2.61. The number of nitrogens with zero attached hydrogens (tertiary/aromatic N) is 3. The molecule has 3 N–H and O–H groups in total. The van der Waals surface area contributed by atoms with Crippen molar-refractivity contribution in [2.24, 2.45) is 5.73 Å². The van der Waals surface area contributed by atoms with Gasteiger partial charge >= 0.3 is 6.03 Å². The van der Waals surface area contributed by atoms with Crippen LogP contribution in [0.2, 0.25) is 0 Å². The average Bonchev–Trinajstić information content (AvgIpc) is 2.86. The Labute approximate surface area is 138 Å². The molecule has 2 aromatic rings. The quantitative estimate of drug-likeness (QED) is 0.460. The molecule has 120 valence electrons. The highest BCUT2D eigenvalue weighted by Crippen LogP contribution is 2.19. The highest BCUT2D eigenvalue weighted by atomic mass is 32.2. The van der Waals surface area contributed by atoms with Crippen LogP contribution < -0.4 is 11.1 Å². The van der Waals surface area contributed by atoms with Crippen LogP contribution in [0.5, 0.6) is 0 Å². The number of urea groups is 1. The van der Waals surface area contributed by atoms with E-state index in [0.29, 0.717) is 23.0 Å². The predicted molar refractivity (Wildman–Crippen MR) is 89.7 cm³/mol. The summed E-state index contributed by atoms with van der Waals surface area (Å²) in [6, 6.07) is 5.92. The Morgan fingerprint density at radius 2 is 2.04 bits per heavy atom. The van der Waals surface area contributed by atoms with Crippen molar-refractivity contribution in [1.82, 2.24) is 14.8 Å². The van der Waals surface area contributed by atoms with Gasteiger partial charge in [-0.2, -0.15) is 0 Å². The first-order valence-corrected chi connectivity index (χ1v) is 7.83. The number of Topliss-reactive ketones (excluding diaryl/α,β-unsaturated/α-hetero) is 1. The molecule has 1 heterocycles. The number of rotatable bonds is 7. The number of amides is 2. The lowest BCUT2D eigenvalue weighted by Gasteiger charge is -2.06. The maximum absolute atomic E-state index is 12.2. The molecule has 23 heavy (non-hydrogen) atoms. The molecule has 1 aromatic carbocycles. The van der Waals surface area contributed by atoms with Crippen LogP contribution in [0.4, 0.5) is 10.5 Å². The van der Waals surface area contributed by atoms with Crippen LogP contribution in [0.3, 0.4) is 0 Å². The van der Waals surface area contributed by atoms with Gasteiger partial charge in [0.15, 0.2) is 10.9 Å². The van der Waals surface area contributed by atoms with Crippen LogP contribution in [-0.2, 0) is 6.54 Å². The molecule has 0 saturated heterocycles. The van der Waals surface area contributed by atoms with Crippen molar-refractivity contribution in [2.45, 2.75) is 18.6 Å². The Morgan fingerprint density at radius 3 is 2.65 bits per heavy atom.